The van der Waals surface area contributed by atoms with E-state index in [4.69, 9.17) is 4.42 Å². The zero-order valence-corrected chi connectivity index (χ0v) is 8.35. The van der Waals surface area contributed by atoms with Gasteiger partial charge in [-0.3, -0.25) is 0 Å². The van der Waals surface area contributed by atoms with Gasteiger partial charge in [0.2, 0.25) is 0 Å². The molecular formula is C12H14O. The van der Waals surface area contributed by atoms with Crippen molar-refractivity contribution in [3.05, 3.63) is 35.1 Å². The van der Waals surface area contributed by atoms with Gasteiger partial charge in [0.25, 0.3) is 0 Å². The Morgan fingerprint density at radius 2 is 2.00 bits per heavy atom. The molecule has 0 aliphatic rings. The molecule has 2 aromatic rings. The normalized spacial score (nSPS) is 11.0. The Morgan fingerprint density at radius 1 is 1.23 bits per heavy atom. The Bertz CT molecular complexity index is 438. The molecule has 0 bridgehead atoms. The van der Waals surface area contributed by atoms with Crippen molar-refractivity contribution < 1.29 is 4.42 Å². The summed E-state index contributed by atoms with van der Waals surface area (Å²) in [5, 5.41) is 1.26. The van der Waals surface area contributed by atoms with E-state index in [9.17, 15) is 0 Å². The van der Waals surface area contributed by atoms with Crippen LogP contribution in [0.1, 0.15) is 23.8 Å². The molecule has 13 heavy (non-hydrogen) atoms. The standard InChI is InChI=1S/C12H14O/c1-4-11-9(3)10-7-8(2)5-6-12(10)13-11/h5-7H,4H2,1-3H3. The largest absolute Gasteiger partial charge is 0.461 e. The number of benzene rings is 1. The lowest BCUT2D eigenvalue weighted by Crippen LogP contribution is -1.77. The summed E-state index contributed by atoms with van der Waals surface area (Å²) < 4.78 is 5.70. The van der Waals surface area contributed by atoms with E-state index >= 15 is 0 Å². The molecule has 68 valence electrons. The Hall–Kier alpha value is -1.24. The molecule has 1 aromatic carbocycles. The minimum atomic E-state index is 0.972. The molecule has 0 radical (unpaired) electrons. The average Bonchev–Trinajstić information content (AvgIpc) is 2.44. The SMILES string of the molecule is CCc1oc2ccc(C)cc2c1C. The number of aryl methyl sites for hydroxylation is 3. The zero-order chi connectivity index (χ0) is 9.42. The maximum atomic E-state index is 5.70. The van der Waals surface area contributed by atoms with Gasteiger partial charge in [-0.25, -0.2) is 0 Å². The van der Waals surface area contributed by atoms with Crippen molar-refractivity contribution in [2.24, 2.45) is 0 Å². The van der Waals surface area contributed by atoms with Crippen LogP contribution >= 0.6 is 0 Å². The molecule has 0 N–H and O–H groups in total. The van der Waals surface area contributed by atoms with Crippen LogP contribution in [0.25, 0.3) is 11.0 Å². The monoisotopic (exact) mass is 174 g/mol. The van der Waals surface area contributed by atoms with Crippen LogP contribution in [0.5, 0.6) is 0 Å². The summed E-state index contributed by atoms with van der Waals surface area (Å²) in [7, 11) is 0. The highest BCUT2D eigenvalue weighted by atomic mass is 16.3. The minimum Gasteiger partial charge on any atom is -0.461 e. The smallest absolute Gasteiger partial charge is 0.134 e. The van der Waals surface area contributed by atoms with Crippen LogP contribution in [-0.4, -0.2) is 0 Å². The third kappa shape index (κ3) is 1.24. The summed E-state index contributed by atoms with van der Waals surface area (Å²) in [6.45, 7) is 6.36. The van der Waals surface area contributed by atoms with Crippen molar-refractivity contribution in [2.75, 3.05) is 0 Å². The van der Waals surface area contributed by atoms with Crippen molar-refractivity contribution >= 4 is 11.0 Å². The first-order valence-electron chi connectivity index (χ1n) is 4.71. The third-order valence-electron chi connectivity index (χ3n) is 2.51. The first-order valence-corrected chi connectivity index (χ1v) is 4.71. The number of hydrogen-bond donors (Lipinski definition) is 0. The first-order chi connectivity index (χ1) is 6.22. The fourth-order valence-corrected chi connectivity index (χ4v) is 1.72. The molecule has 1 aromatic heterocycles. The predicted octanol–water partition coefficient (Wildman–Crippen LogP) is 3.61. The topological polar surface area (TPSA) is 13.1 Å². The van der Waals surface area contributed by atoms with E-state index in [-0.39, 0.29) is 0 Å². The molecule has 0 fully saturated rings. The molecular weight excluding hydrogens is 160 g/mol. The van der Waals surface area contributed by atoms with Gasteiger partial charge in [-0.2, -0.15) is 0 Å². The Balaban J connectivity index is 2.77. The molecule has 1 heteroatoms. The number of hydrogen-bond acceptors (Lipinski definition) is 1. The van der Waals surface area contributed by atoms with Crippen LogP contribution in [0, 0.1) is 13.8 Å². The second-order valence-corrected chi connectivity index (χ2v) is 3.50. The summed E-state index contributed by atoms with van der Waals surface area (Å²) in [5.41, 5.74) is 3.60. The Kier molecular flexibility index (Phi) is 1.87. The second-order valence-electron chi connectivity index (χ2n) is 3.50. The van der Waals surface area contributed by atoms with Crippen LogP contribution in [-0.2, 0) is 6.42 Å². The van der Waals surface area contributed by atoms with Crippen LogP contribution < -0.4 is 0 Å². The summed E-state index contributed by atoms with van der Waals surface area (Å²) in [4.78, 5) is 0. The van der Waals surface area contributed by atoms with E-state index in [2.05, 4.69) is 39.0 Å². The molecule has 0 atom stereocenters. The number of rotatable bonds is 1. The minimum absolute atomic E-state index is 0.972. The van der Waals surface area contributed by atoms with Gasteiger partial charge in [-0.1, -0.05) is 18.6 Å². The molecule has 0 amide bonds. The number of fused-ring (bicyclic) bond motifs is 1. The lowest BCUT2D eigenvalue weighted by atomic mass is 10.1. The lowest BCUT2D eigenvalue weighted by Gasteiger charge is -1.91. The molecule has 0 unspecified atom stereocenters. The first kappa shape index (κ1) is 8.36. The maximum absolute atomic E-state index is 5.70. The average molecular weight is 174 g/mol. The summed E-state index contributed by atoms with van der Waals surface area (Å²) >= 11 is 0. The summed E-state index contributed by atoms with van der Waals surface area (Å²) in [5.74, 6) is 1.11. The highest BCUT2D eigenvalue weighted by molar-refractivity contribution is 5.82. The van der Waals surface area contributed by atoms with Crippen molar-refractivity contribution in [1.82, 2.24) is 0 Å². The Labute approximate surface area is 78.4 Å². The van der Waals surface area contributed by atoms with Crippen molar-refractivity contribution in [2.45, 2.75) is 27.2 Å². The fourth-order valence-electron chi connectivity index (χ4n) is 1.72. The van der Waals surface area contributed by atoms with Gasteiger partial charge >= 0.3 is 0 Å². The number of furan rings is 1. The third-order valence-corrected chi connectivity index (χ3v) is 2.51. The highest BCUT2D eigenvalue weighted by Gasteiger charge is 2.07. The van der Waals surface area contributed by atoms with E-state index < -0.39 is 0 Å². The van der Waals surface area contributed by atoms with E-state index in [1.54, 1.807) is 0 Å². The molecule has 0 aliphatic heterocycles. The molecule has 1 nitrogen and oxygen atoms in total. The quantitative estimate of drug-likeness (QED) is 0.643. The summed E-state index contributed by atoms with van der Waals surface area (Å²) in [6, 6.07) is 6.33. The summed E-state index contributed by atoms with van der Waals surface area (Å²) in [6.07, 6.45) is 0.972. The van der Waals surface area contributed by atoms with Crippen LogP contribution in [0.4, 0.5) is 0 Å². The van der Waals surface area contributed by atoms with Crippen LogP contribution in [0.2, 0.25) is 0 Å². The second kappa shape index (κ2) is 2.91. The maximum Gasteiger partial charge on any atom is 0.134 e. The van der Waals surface area contributed by atoms with Gasteiger partial charge < -0.3 is 4.42 Å². The molecule has 0 saturated carbocycles. The van der Waals surface area contributed by atoms with Crippen molar-refractivity contribution in [3.63, 3.8) is 0 Å². The highest BCUT2D eigenvalue weighted by Crippen LogP contribution is 2.26. The van der Waals surface area contributed by atoms with Gasteiger partial charge in [-0.15, -0.1) is 0 Å². The van der Waals surface area contributed by atoms with E-state index in [1.807, 2.05) is 0 Å². The lowest BCUT2D eigenvalue weighted by molar-refractivity contribution is 0.553. The van der Waals surface area contributed by atoms with Crippen LogP contribution in [0.3, 0.4) is 0 Å². The van der Waals surface area contributed by atoms with Crippen molar-refractivity contribution in [3.8, 4) is 0 Å². The zero-order valence-electron chi connectivity index (χ0n) is 8.35. The van der Waals surface area contributed by atoms with E-state index in [0.29, 0.717) is 0 Å². The molecule has 1 heterocycles. The van der Waals surface area contributed by atoms with Crippen LogP contribution in [0.15, 0.2) is 22.6 Å². The fraction of sp³-hybridized carbons (Fsp3) is 0.333. The van der Waals surface area contributed by atoms with Gasteiger partial charge in [-0.05, 0) is 31.5 Å². The van der Waals surface area contributed by atoms with Gasteiger partial charge in [0, 0.05) is 11.8 Å². The van der Waals surface area contributed by atoms with E-state index in [1.165, 1.54) is 16.5 Å². The van der Waals surface area contributed by atoms with E-state index in [0.717, 1.165) is 17.8 Å². The molecule has 0 saturated heterocycles. The van der Waals surface area contributed by atoms with Gasteiger partial charge in [0.05, 0.1) is 0 Å². The molecule has 0 aliphatic carbocycles. The van der Waals surface area contributed by atoms with Gasteiger partial charge in [0.15, 0.2) is 0 Å². The van der Waals surface area contributed by atoms with Gasteiger partial charge in [0.1, 0.15) is 11.3 Å². The molecule has 0 spiro atoms. The molecule has 2 rings (SSSR count). The predicted molar refractivity (Wildman–Crippen MR) is 55.1 cm³/mol. The Morgan fingerprint density at radius 3 is 2.69 bits per heavy atom. The van der Waals surface area contributed by atoms with Crippen molar-refractivity contribution in [1.29, 1.82) is 0 Å².